The largest absolute Gasteiger partial charge is 0.497 e. The molecule has 1 heterocycles. The number of hydrogen-bond acceptors (Lipinski definition) is 4. The highest BCUT2D eigenvalue weighted by Gasteiger charge is 2.27. The predicted molar refractivity (Wildman–Crippen MR) is 118 cm³/mol. The highest BCUT2D eigenvalue weighted by Crippen LogP contribution is 2.17. The zero-order valence-corrected chi connectivity index (χ0v) is 18.3. The Morgan fingerprint density at radius 3 is 2.25 bits per heavy atom. The van der Waals surface area contributed by atoms with E-state index >= 15 is 0 Å². The van der Waals surface area contributed by atoms with Crippen LogP contribution < -0.4 is 15.4 Å². The number of nitrogens with one attached hydrogen (secondary N) is 2. The molecule has 0 radical (unpaired) electrons. The van der Waals surface area contributed by atoms with E-state index in [0.29, 0.717) is 37.2 Å². The van der Waals surface area contributed by atoms with Crippen LogP contribution >= 0.6 is 0 Å². The molecule has 0 aromatic heterocycles. The lowest BCUT2D eigenvalue weighted by Gasteiger charge is -2.33. The zero-order chi connectivity index (χ0) is 23.1. The number of amides is 3. The van der Waals surface area contributed by atoms with Crippen molar-refractivity contribution in [2.45, 2.75) is 38.3 Å². The van der Waals surface area contributed by atoms with E-state index in [2.05, 4.69) is 10.6 Å². The van der Waals surface area contributed by atoms with Gasteiger partial charge in [0.15, 0.2) is 0 Å². The minimum atomic E-state index is -0.753. The lowest BCUT2D eigenvalue weighted by molar-refractivity contribution is -0.128. The normalized spacial score (nSPS) is 15.0. The van der Waals surface area contributed by atoms with Gasteiger partial charge in [-0.25, -0.2) is 4.39 Å². The molecule has 0 spiro atoms. The molecule has 170 valence electrons. The molecule has 3 rings (SSSR count). The van der Waals surface area contributed by atoms with Crippen molar-refractivity contribution < 1.29 is 23.5 Å². The Morgan fingerprint density at radius 1 is 1.06 bits per heavy atom. The molecule has 8 heteroatoms. The first kappa shape index (κ1) is 23.2. The van der Waals surface area contributed by atoms with Crippen LogP contribution in [-0.4, -0.2) is 54.9 Å². The summed E-state index contributed by atoms with van der Waals surface area (Å²) in [5, 5.41) is 5.66. The van der Waals surface area contributed by atoms with E-state index in [1.807, 2.05) is 0 Å². The number of carbonyl (C=O) groups is 3. The predicted octanol–water partition coefficient (Wildman–Crippen LogP) is 2.30. The van der Waals surface area contributed by atoms with Crippen LogP contribution in [0.3, 0.4) is 0 Å². The third-order valence-electron chi connectivity index (χ3n) is 5.51. The zero-order valence-electron chi connectivity index (χ0n) is 18.3. The number of ether oxygens (including phenoxy) is 1. The fourth-order valence-electron chi connectivity index (χ4n) is 3.76. The van der Waals surface area contributed by atoms with Gasteiger partial charge in [0.05, 0.1) is 7.11 Å². The Bertz CT molecular complexity index is 939. The molecule has 3 amide bonds. The Morgan fingerprint density at radius 2 is 1.69 bits per heavy atom. The van der Waals surface area contributed by atoms with Crippen molar-refractivity contribution in [1.82, 2.24) is 15.5 Å². The van der Waals surface area contributed by atoms with Crippen molar-refractivity contribution in [2.75, 3.05) is 20.2 Å². The smallest absolute Gasteiger partial charge is 0.253 e. The van der Waals surface area contributed by atoms with Gasteiger partial charge in [-0.15, -0.1) is 0 Å². The second-order valence-corrected chi connectivity index (χ2v) is 7.89. The van der Waals surface area contributed by atoms with Gasteiger partial charge in [0.2, 0.25) is 11.8 Å². The number of halogens is 1. The van der Waals surface area contributed by atoms with E-state index in [9.17, 15) is 18.8 Å². The minimum absolute atomic E-state index is 0.0511. The molecule has 1 aliphatic heterocycles. The first-order valence-electron chi connectivity index (χ1n) is 10.6. The summed E-state index contributed by atoms with van der Waals surface area (Å²) < 4.78 is 18.3. The van der Waals surface area contributed by atoms with Gasteiger partial charge in [0.1, 0.15) is 17.6 Å². The van der Waals surface area contributed by atoms with Crippen LogP contribution in [-0.2, 0) is 16.0 Å². The van der Waals surface area contributed by atoms with Crippen molar-refractivity contribution in [2.24, 2.45) is 0 Å². The third-order valence-corrected chi connectivity index (χ3v) is 5.51. The summed E-state index contributed by atoms with van der Waals surface area (Å²) >= 11 is 0. The average Bonchev–Trinajstić information content (AvgIpc) is 2.80. The maximum absolute atomic E-state index is 13.2. The molecule has 2 aromatic carbocycles. The maximum atomic E-state index is 13.2. The first-order valence-corrected chi connectivity index (χ1v) is 10.6. The highest BCUT2D eigenvalue weighted by molar-refractivity contribution is 5.94. The quantitative estimate of drug-likeness (QED) is 0.690. The topological polar surface area (TPSA) is 87.7 Å². The fourth-order valence-corrected chi connectivity index (χ4v) is 3.76. The molecule has 1 atom stereocenters. The van der Waals surface area contributed by atoms with Gasteiger partial charge in [-0.1, -0.05) is 12.1 Å². The molecule has 1 fully saturated rings. The minimum Gasteiger partial charge on any atom is -0.497 e. The van der Waals surface area contributed by atoms with Gasteiger partial charge in [0, 0.05) is 38.0 Å². The molecule has 2 aromatic rings. The van der Waals surface area contributed by atoms with E-state index < -0.39 is 6.04 Å². The maximum Gasteiger partial charge on any atom is 0.253 e. The van der Waals surface area contributed by atoms with E-state index in [1.54, 1.807) is 48.4 Å². The van der Waals surface area contributed by atoms with Crippen LogP contribution in [0.4, 0.5) is 4.39 Å². The van der Waals surface area contributed by atoms with Crippen LogP contribution in [0, 0.1) is 5.82 Å². The van der Waals surface area contributed by atoms with Crippen molar-refractivity contribution in [1.29, 1.82) is 0 Å². The molecule has 0 unspecified atom stereocenters. The molecule has 1 saturated heterocycles. The number of benzene rings is 2. The third kappa shape index (κ3) is 6.29. The molecule has 1 aliphatic rings. The van der Waals surface area contributed by atoms with Gasteiger partial charge in [-0.05, 0) is 54.8 Å². The van der Waals surface area contributed by atoms with Crippen LogP contribution in [0.1, 0.15) is 35.7 Å². The number of nitrogens with zero attached hydrogens (tertiary/aromatic N) is 1. The summed E-state index contributed by atoms with van der Waals surface area (Å²) in [7, 11) is 1.58. The number of rotatable bonds is 7. The van der Waals surface area contributed by atoms with Gasteiger partial charge in [-0.2, -0.15) is 0 Å². The standard InChI is InChI=1S/C24H28FN3O4/c1-16(29)26-22(15-17-3-7-19(25)8-4-17)23(30)27-20-11-13-28(14-12-20)24(31)18-5-9-21(32-2)10-6-18/h3-10,20,22H,11-15H2,1-2H3,(H,26,29)(H,27,30)/t22-/m1/s1. The van der Waals surface area contributed by atoms with Crippen LogP contribution in [0.15, 0.2) is 48.5 Å². The summed E-state index contributed by atoms with van der Waals surface area (Å²) in [5.41, 5.74) is 1.35. The molecule has 0 saturated carbocycles. The molecular formula is C24H28FN3O4. The monoisotopic (exact) mass is 441 g/mol. The number of likely N-dealkylation sites (tertiary alicyclic amines) is 1. The summed E-state index contributed by atoms with van der Waals surface area (Å²) in [6, 6.07) is 12.0. The van der Waals surface area contributed by atoms with Gasteiger partial charge in [-0.3, -0.25) is 14.4 Å². The lowest BCUT2D eigenvalue weighted by atomic mass is 10.0. The summed E-state index contributed by atoms with van der Waals surface area (Å²) in [5.74, 6) is -0.316. The second-order valence-electron chi connectivity index (χ2n) is 7.89. The SMILES string of the molecule is COc1ccc(C(=O)N2CCC(NC(=O)[C@@H](Cc3ccc(F)cc3)NC(C)=O)CC2)cc1. The first-order chi connectivity index (χ1) is 15.4. The number of carbonyl (C=O) groups excluding carboxylic acids is 3. The van der Waals surface area contributed by atoms with Crippen molar-refractivity contribution >= 4 is 17.7 Å². The van der Waals surface area contributed by atoms with Crippen molar-refractivity contribution in [3.05, 3.63) is 65.5 Å². The molecule has 32 heavy (non-hydrogen) atoms. The Kier molecular flexibility index (Phi) is 7.81. The van der Waals surface area contributed by atoms with Crippen molar-refractivity contribution in [3.8, 4) is 5.75 Å². The summed E-state index contributed by atoms with van der Waals surface area (Å²) in [6.45, 7) is 2.41. The van der Waals surface area contributed by atoms with E-state index in [-0.39, 0.29) is 36.0 Å². The van der Waals surface area contributed by atoms with E-state index in [0.717, 1.165) is 5.56 Å². The highest BCUT2D eigenvalue weighted by atomic mass is 19.1. The lowest BCUT2D eigenvalue weighted by Crippen LogP contribution is -2.53. The van der Waals surface area contributed by atoms with Crippen LogP contribution in [0.2, 0.25) is 0 Å². The second kappa shape index (κ2) is 10.7. The van der Waals surface area contributed by atoms with Crippen LogP contribution in [0.5, 0.6) is 5.75 Å². The van der Waals surface area contributed by atoms with Crippen molar-refractivity contribution in [3.63, 3.8) is 0 Å². The Hall–Kier alpha value is -3.42. The Balaban J connectivity index is 1.54. The summed E-state index contributed by atoms with van der Waals surface area (Å²) in [6.07, 6.45) is 1.51. The fraction of sp³-hybridized carbons (Fsp3) is 0.375. The van der Waals surface area contributed by atoms with E-state index in [1.165, 1.54) is 19.1 Å². The van der Waals surface area contributed by atoms with E-state index in [4.69, 9.17) is 4.74 Å². The molecule has 0 bridgehead atoms. The number of methoxy groups -OCH3 is 1. The molecule has 0 aliphatic carbocycles. The number of hydrogen-bond donors (Lipinski definition) is 2. The van der Waals surface area contributed by atoms with Gasteiger partial charge in [0.25, 0.3) is 5.91 Å². The van der Waals surface area contributed by atoms with Crippen LogP contribution in [0.25, 0.3) is 0 Å². The number of piperidine rings is 1. The van der Waals surface area contributed by atoms with Gasteiger partial charge < -0.3 is 20.3 Å². The Labute approximate surface area is 186 Å². The molecular weight excluding hydrogens is 413 g/mol. The molecule has 2 N–H and O–H groups in total. The summed E-state index contributed by atoms with van der Waals surface area (Å²) in [4.78, 5) is 38.9. The van der Waals surface area contributed by atoms with Gasteiger partial charge >= 0.3 is 0 Å². The molecule has 7 nitrogen and oxygen atoms in total. The average molecular weight is 442 g/mol.